The number of benzene rings is 2. The Labute approximate surface area is 154 Å². The van der Waals surface area contributed by atoms with Crippen molar-refractivity contribution in [1.82, 2.24) is 4.98 Å². The average Bonchev–Trinajstić information content (AvgIpc) is 3.15. The van der Waals surface area contributed by atoms with Crippen LogP contribution in [0.2, 0.25) is 0 Å². The summed E-state index contributed by atoms with van der Waals surface area (Å²) in [5, 5.41) is 5.33. The van der Waals surface area contributed by atoms with Gasteiger partial charge in [-0.2, -0.15) is 0 Å². The molecule has 0 saturated carbocycles. The molecule has 26 heavy (non-hydrogen) atoms. The second kappa shape index (κ2) is 8.26. The molecule has 1 aromatic heterocycles. The molecule has 0 saturated heterocycles. The summed E-state index contributed by atoms with van der Waals surface area (Å²) in [5.41, 5.74) is 7.12. The van der Waals surface area contributed by atoms with Crippen molar-refractivity contribution in [2.75, 3.05) is 5.32 Å². The molecule has 1 unspecified atom stereocenters. The van der Waals surface area contributed by atoms with Crippen LogP contribution in [0.4, 0.5) is 5.13 Å². The SMILES string of the molecule is NC(=O)C(OC(=O)c1csc(NCc2ccccc2)n1)c1ccccc1. The van der Waals surface area contributed by atoms with E-state index in [2.05, 4.69) is 10.3 Å². The zero-order valence-corrected chi connectivity index (χ0v) is 14.6. The van der Waals surface area contributed by atoms with Crippen molar-refractivity contribution < 1.29 is 14.3 Å². The highest BCUT2D eigenvalue weighted by atomic mass is 32.1. The van der Waals surface area contributed by atoms with Gasteiger partial charge < -0.3 is 15.8 Å². The largest absolute Gasteiger partial charge is 0.443 e. The number of thiazole rings is 1. The van der Waals surface area contributed by atoms with Crippen LogP contribution >= 0.6 is 11.3 Å². The van der Waals surface area contributed by atoms with Crippen molar-refractivity contribution in [1.29, 1.82) is 0 Å². The van der Waals surface area contributed by atoms with Gasteiger partial charge in [-0.15, -0.1) is 11.3 Å². The van der Waals surface area contributed by atoms with E-state index in [1.807, 2.05) is 30.3 Å². The maximum absolute atomic E-state index is 12.3. The fraction of sp³-hybridized carbons (Fsp3) is 0.105. The zero-order valence-electron chi connectivity index (χ0n) is 13.8. The van der Waals surface area contributed by atoms with Crippen LogP contribution in [0, 0.1) is 0 Å². The predicted molar refractivity (Wildman–Crippen MR) is 99.7 cm³/mol. The van der Waals surface area contributed by atoms with Gasteiger partial charge in [0, 0.05) is 17.5 Å². The molecular weight excluding hydrogens is 350 g/mol. The molecular formula is C19H17N3O3S. The van der Waals surface area contributed by atoms with Gasteiger partial charge in [-0.1, -0.05) is 60.7 Å². The summed E-state index contributed by atoms with van der Waals surface area (Å²) in [5.74, 6) is -1.43. The Morgan fingerprint density at radius 2 is 1.73 bits per heavy atom. The van der Waals surface area contributed by atoms with E-state index in [9.17, 15) is 9.59 Å². The van der Waals surface area contributed by atoms with E-state index in [4.69, 9.17) is 10.5 Å². The number of esters is 1. The number of hydrogen-bond acceptors (Lipinski definition) is 6. The Bertz CT molecular complexity index is 881. The highest BCUT2D eigenvalue weighted by Crippen LogP contribution is 2.21. The lowest BCUT2D eigenvalue weighted by Crippen LogP contribution is -2.26. The first kappa shape index (κ1) is 17.6. The van der Waals surface area contributed by atoms with Crippen LogP contribution in [0.25, 0.3) is 0 Å². The van der Waals surface area contributed by atoms with Gasteiger partial charge in [0.05, 0.1) is 0 Å². The normalized spacial score (nSPS) is 11.5. The minimum absolute atomic E-state index is 0.132. The Kier molecular flexibility index (Phi) is 5.60. The molecule has 0 spiro atoms. The highest BCUT2D eigenvalue weighted by molar-refractivity contribution is 7.13. The van der Waals surface area contributed by atoms with E-state index < -0.39 is 18.0 Å². The first-order valence-electron chi connectivity index (χ1n) is 7.92. The Hall–Kier alpha value is -3.19. The monoisotopic (exact) mass is 367 g/mol. The molecule has 0 bridgehead atoms. The van der Waals surface area contributed by atoms with Crippen LogP contribution < -0.4 is 11.1 Å². The van der Waals surface area contributed by atoms with Crippen molar-refractivity contribution in [2.45, 2.75) is 12.6 Å². The molecule has 2 aromatic carbocycles. The number of primary amides is 1. The van der Waals surface area contributed by atoms with E-state index in [0.29, 0.717) is 17.2 Å². The van der Waals surface area contributed by atoms with Crippen LogP contribution in [-0.2, 0) is 16.1 Å². The van der Waals surface area contributed by atoms with Gasteiger partial charge in [-0.05, 0) is 5.56 Å². The first-order chi connectivity index (χ1) is 12.6. The van der Waals surface area contributed by atoms with E-state index >= 15 is 0 Å². The van der Waals surface area contributed by atoms with Crippen molar-refractivity contribution in [3.8, 4) is 0 Å². The molecule has 3 aromatic rings. The third kappa shape index (κ3) is 4.46. The Balaban J connectivity index is 1.64. The molecule has 0 fully saturated rings. The number of hydrogen-bond donors (Lipinski definition) is 2. The maximum atomic E-state index is 12.3. The lowest BCUT2D eigenvalue weighted by Gasteiger charge is -2.14. The number of carbonyl (C=O) groups is 2. The number of nitrogens with two attached hydrogens (primary N) is 1. The lowest BCUT2D eigenvalue weighted by atomic mass is 10.1. The van der Waals surface area contributed by atoms with Crippen molar-refractivity contribution in [2.24, 2.45) is 5.73 Å². The Morgan fingerprint density at radius 1 is 1.08 bits per heavy atom. The molecule has 3 rings (SSSR count). The topological polar surface area (TPSA) is 94.3 Å². The summed E-state index contributed by atoms with van der Waals surface area (Å²) in [6.45, 7) is 0.594. The molecule has 1 heterocycles. The third-order valence-corrected chi connectivity index (χ3v) is 4.39. The van der Waals surface area contributed by atoms with Crippen molar-refractivity contribution in [3.63, 3.8) is 0 Å². The highest BCUT2D eigenvalue weighted by Gasteiger charge is 2.24. The fourth-order valence-corrected chi connectivity index (χ4v) is 2.99. The first-order valence-corrected chi connectivity index (χ1v) is 8.80. The summed E-state index contributed by atoms with van der Waals surface area (Å²) in [4.78, 5) is 28.2. The van der Waals surface area contributed by atoms with Crippen LogP contribution in [0.5, 0.6) is 0 Å². The molecule has 6 nitrogen and oxygen atoms in total. The number of amides is 1. The molecule has 1 amide bonds. The predicted octanol–water partition coefficient (Wildman–Crippen LogP) is 3.14. The van der Waals surface area contributed by atoms with E-state index in [-0.39, 0.29) is 5.69 Å². The zero-order chi connectivity index (χ0) is 18.4. The second-order valence-corrected chi connectivity index (χ2v) is 6.33. The molecule has 1 atom stereocenters. The van der Waals surface area contributed by atoms with E-state index in [0.717, 1.165) is 5.56 Å². The molecule has 0 radical (unpaired) electrons. The quantitative estimate of drug-likeness (QED) is 0.626. The summed E-state index contributed by atoms with van der Waals surface area (Å²) in [6.07, 6.45) is -1.15. The number of anilines is 1. The summed E-state index contributed by atoms with van der Waals surface area (Å²) in [7, 11) is 0. The summed E-state index contributed by atoms with van der Waals surface area (Å²) < 4.78 is 5.26. The second-order valence-electron chi connectivity index (χ2n) is 5.48. The average molecular weight is 367 g/mol. The summed E-state index contributed by atoms with van der Waals surface area (Å²) >= 11 is 1.29. The minimum Gasteiger partial charge on any atom is -0.443 e. The number of aromatic nitrogens is 1. The van der Waals surface area contributed by atoms with E-state index in [1.165, 1.54) is 11.3 Å². The maximum Gasteiger partial charge on any atom is 0.359 e. The van der Waals surface area contributed by atoms with Crippen LogP contribution in [0.3, 0.4) is 0 Å². The minimum atomic E-state index is -1.15. The van der Waals surface area contributed by atoms with Crippen LogP contribution in [0.15, 0.2) is 66.0 Å². The molecule has 7 heteroatoms. The third-order valence-electron chi connectivity index (χ3n) is 3.59. The van der Waals surface area contributed by atoms with Crippen molar-refractivity contribution >= 4 is 28.3 Å². The Morgan fingerprint density at radius 3 is 2.38 bits per heavy atom. The number of ether oxygens (including phenoxy) is 1. The van der Waals surface area contributed by atoms with E-state index in [1.54, 1.807) is 35.7 Å². The number of carbonyl (C=O) groups excluding carboxylic acids is 2. The number of nitrogens with zero attached hydrogens (tertiary/aromatic N) is 1. The van der Waals surface area contributed by atoms with Crippen LogP contribution in [0.1, 0.15) is 27.7 Å². The molecule has 132 valence electrons. The van der Waals surface area contributed by atoms with Gasteiger partial charge in [-0.25, -0.2) is 9.78 Å². The molecule has 0 aliphatic rings. The van der Waals surface area contributed by atoms with Gasteiger partial charge in [0.2, 0.25) is 6.10 Å². The molecule has 0 aliphatic heterocycles. The van der Waals surface area contributed by atoms with Crippen LogP contribution in [-0.4, -0.2) is 16.9 Å². The smallest absolute Gasteiger partial charge is 0.359 e. The lowest BCUT2D eigenvalue weighted by molar-refractivity contribution is -0.127. The van der Waals surface area contributed by atoms with Gasteiger partial charge in [0.25, 0.3) is 5.91 Å². The van der Waals surface area contributed by atoms with Gasteiger partial charge >= 0.3 is 5.97 Å². The van der Waals surface area contributed by atoms with Crippen molar-refractivity contribution in [3.05, 3.63) is 82.9 Å². The number of rotatable bonds is 7. The molecule has 0 aliphatic carbocycles. The van der Waals surface area contributed by atoms with Gasteiger partial charge in [0.1, 0.15) is 0 Å². The van der Waals surface area contributed by atoms with Gasteiger partial charge in [0.15, 0.2) is 10.8 Å². The number of nitrogens with one attached hydrogen (secondary N) is 1. The van der Waals surface area contributed by atoms with Gasteiger partial charge in [-0.3, -0.25) is 4.79 Å². The standard InChI is InChI=1S/C19H17N3O3S/c20-17(23)16(14-9-5-2-6-10-14)25-18(24)15-12-26-19(22-15)21-11-13-7-3-1-4-8-13/h1-10,12,16H,11H2,(H2,20,23)(H,21,22). The fourth-order valence-electron chi connectivity index (χ4n) is 2.31. The summed E-state index contributed by atoms with van der Waals surface area (Å²) in [6, 6.07) is 18.5. The molecule has 3 N–H and O–H groups in total.